The van der Waals surface area contributed by atoms with Crippen molar-refractivity contribution < 1.29 is 14.6 Å². The molecule has 0 fully saturated rings. The highest BCUT2D eigenvalue weighted by molar-refractivity contribution is 5.90. The van der Waals surface area contributed by atoms with Crippen molar-refractivity contribution in [2.75, 3.05) is 6.54 Å². The molecule has 0 heterocycles. The SMILES string of the molecule is NCC(O)c1cccc(OC(=O)c2ccccc2)c1. The number of ether oxygens (including phenoxy) is 1. The van der Waals surface area contributed by atoms with Gasteiger partial charge in [0.1, 0.15) is 5.75 Å². The van der Waals surface area contributed by atoms with Crippen molar-refractivity contribution in [3.8, 4) is 5.75 Å². The second kappa shape index (κ2) is 6.13. The molecule has 0 radical (unpaired) electrons. The van der Waals surface area contributed by atoms with Crippen LogP contribution >= 0.6 is 0 Å². The van der Waals surface area contributed by atoms with Crippen molar-refractivity contribution >= 4 is 5.97 Å². The number of carbonyl (C=O) groups excluding carboxylic acids is 1. The molecule has 2 rings (SSSR count). The summed E-state index contributed by atoms with van der Waals surface area (Å²) in [5.41, 5.74) is 6.49. The monoisotopic (exact) mass is 257 g/mol. The van der Waals surface area contributed by atoms with Crippen LogP contribution in [0.15, 0.2) is 54.6 Å². The Morgan fingerprint density at radius 2 is 1.89 bits per heavy atom. The number of aliphatic hydroxyl groups is 1. The lowest BCUT2D eigenvalue weighted by Gasteiger charge is -2.10. The van der Waals surface area contributed by atoms with E-state index in [1.165, 1.54) is 0 Å². The Hall–Kier alpha value is -2.17. The van der Waals surface area contributed by atoms with E-state index in [9.17, 15) is 9.90 Å². The van der Waals surface area contributed by atoms with Gasteiger partial charge in [0.15, 0.2) is 0 Å². The van der Waals surface area contributed by atoms with Crippen LogP contribution in [0.1, 0.15) is 22.0 Å². The van der Waals surface area contributed by atoms with Gasteiger partial charge in [-0.3, -0.25) is 0 Å². The number of hydrogen-bond acceptors (Lipinski definition) is 4. The first-order valence-electron chi connectivity index (χ1n) is 5.96. The van der Waals surface area contributed by atoms with Gasteiger partial charge in [-0.15, -0.1) is 0 Å². The molecular weight excluding hydrogens is 242 g/mol. The Labute approximate surface area is 111 Å². The van der Waals surface area contributed by atoms with Crippen LogP contribution < -0.4 is 10.5 Å². The molecule has 2 aromatic rings. The number of esters is 1. The van der Waals surface area contributed by atoms with Crippen LogP contribution in [0.25, 0.3) is 0 Å². The predicted octanol–water partition coefficient (Wildman–Crippen LogP) is 1.90. The van der Waals surface area contributed by atoms with E-state index in [-0.39, 0.29) is 6.54 Å². The van der Waals surface area contributed by atoms with Gasteiger partial charge in [0.2, 0.25) is 0 Å². The summed E-state index contributed by atoms with van der Waals surface area (Å²) in [6.07, 6.45) is -0.754. The van der Waals surface area contributed by atoms with Crippen molar-refractivity contribution in [1.29, 1.82) is 0 Å². The molecule has 1 atom stereocenters. The Bertz CT molecular complexity index is 554. The predicted molar refractivity (Wildman–Crippen MR) is 71.9 cm³/mol. The molecule has 3 N–H and O–H groups in total. The fraction of sp³-hybridized carbons (Fsp3) is 0.133. The van der Waals surface area contributed by atoms with Crippen molar-refractivity contribution in [2.24, 2.45) is 5.73 Å². The van der Waals surface area contributed by atoms with E-state index in [1.807, 2.05) is 6.07 Å². The molecule has 4 nitrogen and oxygen atoms in total. The quantitative estimate of drug-likeness (QED) is 0.648. The number of benzene rings is 2. The van der Waals surface area contributed by atoms with E-state index in [1.54, 1.807) is 48.5 Å². The van der Waals surface area contributed by atoms with Gasteiger partial charge >= 0.3 is 5.97 Å². The number of nitrogens with two attached hydrogens (primary N) is 1. The second-order valence-corrected chi connectivity index (χ2v) is 4.08. The molecule has 0 aliphatic rings. The Morgan fingerprint density at radius 3 is 2.58 bits per heavy atom. The first kappa shape index (κ1) is 13.3. The summed E-state index contributed by atoms with van der Waals surface area (Å²) in [5, 5.41) is 9.64. The molecule has 98 valence electrons. The first-order chi connectivity index (χ1) is 9.20. The second-order valence-electron chi connectivity index (χ2n) is 4.08. The molecule has 0 aliphatic carbocycles. The highest BCUT2D eigenvalue weighted by Gasteiger charge is 2.10. The maximum atomic E-state index is 11.9. The van der Waals surface area contributed by atoms with Gasteiger partial charge < -0.3 is 15.6 Å². The van der Waals surface area contributed by atoms with Crippen LogP contribution in [0.4, 0.5) is 0 Å². The molecule has 0 aromatic heterocycles. The summed E-state index contributed by atoms with van der Waals surface area (Å²) >= 11 is 0. The van der Waals surface area contributed by atoms with Gasteiger partial charge in [-0.1, -0.05) is 30.3 Å². The number of hydrogen-bond donors (Lipinski definition) is 2. The molecule has 2 aromatic carbocycles. The van der Waals surface area contributed by atoms with Gasteiger partial charge in [0.25, 0.3) is 0 Å². The maximum absolute atomic E-state index is 11.9. The lowest BCUT2D eigenvalue weighted by Crippen LogP contribution is -2.12. The molecule has 19 heavy (non-hydrogen) atoms. The largest absolute Gasteiger partial charge is 0.423 e. The molecule has 0 spiro atoms. The van der Waals surface area contributed by atoms with E-state index in [0.717, 1.165) is 0 Å². The maximum Gasteiger partial charge on any atom is 0.343 e. The minimum Gasteiger partial charge on any atom is -0.423 e. The van der Waals surface area contributed by atoms with Gasteiger partial charge in [0, 0.05) is 6.54 Å². The summed E-state index contributed by atoms with van der Waals surface area (Å²) in [6.45, 7) is 0.121. The van der Waals surface area contributed by atoms with Crippen LogP contribution in [0.2, 0.25) is 0 Å². The number of carbonyl (C=O) groups is 1. The van der Waals surface area contributed by atoms with Crippen molar-refractivity contribution in [3.05, 3.63) is 65.7 Å². The third kappa shape index (κ3) is 3.40. The minimum absolute atomic E-state index is 0.121. The van der Waals surface area contributed by atoms with E-state index in [4.69, 9.17) is 10.5 Å². The zero-order valence-electron chi connectivity index (χ0n) is 10.3. The van der Waals surface area contributed by atoms with E-state index < -0.39 is 12.1 Å². The van der Waals surface area contributed by atoms with Gasteiger partial charge in [0.05, 0.1) is 11.7 Å². The average molecular weight is 257 g/mol. The van der Waals surface area contributed by atoms with Crippen LogP contribution in [-0.2, 0) is 0 Å². The average Bonchev–Trinajstić information content (AvgIpc) is 2.47. The van der Waals surface area contributed by atoms with Crippen molar-refractivity contribution in [2.45, 2.75) is 6.10 Å². The van der Waals surface area contributed by atoms with E-state index >= 15 is 0 Å². The molecule has 0 saturated heterocycles. The van der Waals surface area contributed by atoms with Crippen LogP contribution in [-0.4, -0.2) is 17.6 Å². The lowest BCUT2D eigenvalue weighted by molar-refractivity contribution is 0.0734. The highest BCUT2D eigenvalue weighted by Crippen LogP contribution is 2.19. The molecule has 0 amide bonds. The molecule has 0 bridgehead atoms. The van der Waals surface area contributed by atoms with E-state index in [0.29, 0.717) is 16.9 Å². The normalized spacial score (nSPS) is 11.9. The summed E-state index contributed by atoms with van der Waals surface area (Å²) in [7, 11) is 0. The number of aliphatic hydroxyl groups excluding tert-OH is 1. The first-order valence-corrected chi connectivity index (χ1v) is 5.96. The Morgan fingerprint density at radius 1 is 1.16 bits per heavy atom. The molecular formula is C15H15NO3. The van der Waals surface area contributed by atoms with Crippen LogP contribution in [0, 0.1) is 0 Å². The van der Waals surface area contributed by atoms with Crippen LogP contribution in [0.5, 0.6) is 5.75 Å². The molecule has 0 aliphatic heterocycles. The zero-order chi connectivity index (χ0) is 13.7. The zero-order valence-corrected chi connectivity index (χ0v) is 10.3. The van der Waals surface area contributed by atoms with Gasteiger partial charge in [-0.25, -0.2) is 4.79 Å². The third-order valence-corrected chi connectivity index (χ3v) is 2.69. The lowest BCUT2D eigenvalue weighted by atomic mass is 10.1. The Balaban J connectivity index is 2.13. The van der Waals surface area contributed by atoms with Crippen molar-refractivity contribution in [1.82, 2.24) is 0 Å². The molecule has 1 unspecified atom stereocenters. The Kier molecular flexibility index (Phi) is 4.28. The van der Waals surface area contributed by atoms with Gasteiger partial charge in [-0.2, -0.15) is 0 Å². The van der Waals surface area contributed by atoms with Crippen LogP contribution in [0.3, 0.4) is 0 Å². The summed E-state index contributed by atoms with van der Waals surface area (Å²) < 4.78 is 5.24. The van der Waals surface area contributed by atoms with Gasteiger partial charge in [-0.05, 0) is 29.8 Å². The topological polar surface area (TPSA) is 72.6 Å². The summed E-state index contributed by atoms with van der Waals surface area (Å²) in [4.78, 5) is 11.9. The standard InChI is InChI=1S/C15H15NO3/c16-10-14(17)12-7-4-8-13(9-12)19-15(18)11-5-2-1-3-6-11/h1-9,14,17H,10,16H2. The fourth-order valence-corrected chi connectivity index (χ4v) is 1.66. The highest BCUT2D eigenvalue weighted by atomic mass is 16.5. The summed E-state index contributed by atoms with van der Waals surface area (Å²) in [6, 6.07) is 15.4. The van der Waals surface area contributed by atoms with E-state index in [2.05, 4.69) is 0 Å². The smallest absolute Gasteiger partial charge is 0.343 e. The third-order valence-electron chi connectivity index (χ3n) is 2.69. The summed E-state index contributed by atoms with van der Waals surface area (Å²) in [5.74, 6) is -0.0427. The molecule has 0 saturated carbocycles. The van der Waals surface area contributed by atoms with Crippen molar-refractivity contribution in [3.63, 3.8) is 0 Å². The minimum atomic E-state index is -0.754. The number of rotatable bonds is 4. The molecule has 4 heteroatoms. The fourth-order valence-electron chi connectivity index (χ4n) is 1.66.